The number of hydrogen-bond acceptors (Lipinski definition) is 5. The molecule has 0 spiro atoms. The van der Waals surface area contributed by atoms with Crippen LogP contribution in [0.2, 0.25) is 10.0 Å². The maximum Gasteiger partial charge on any atom is 1.00 e. The maximum absolute atomic E-state index is 10.3. The summed E-state index contributed by atoms with van der Waals surface area (Å²) in [5.41, 5.74) is 1.19. The second-order valence-corrected chi connectivity index (χ2v) is 5.25. The molecule has 0 aliphatic rings. The Morgan fingerprint density at radius 2 is 1.38 bits per heavy atom. The van der Waals surface area contributed by atoms with Crippen LogP contribution < -0.4 is 39.0 Å². The van der Waals surface area contributed by atoms with E-state index in [-0.39, 0.29) is 67.5 Å². The predicted octanol–water partition coefficient (Wildman–Crippen LogP) is 2.01. The van der Waals surface area contributed by atoms with Crippen LogP contribution in [0.4, 0.5) is 0 Å². The summed E-state index contributed by atoms with van der Waals surface area (Å²) in [7, 11) is 3.12. The molecular formula is C20H31BCl2NaO5. The van der Waals surface area contributed by atoms with Gasteiger partial charge in [0.05, 0.1) is 25.8 Å². The molecule has 0 fully saturated rings. The molecule has 0 aliphatic heterocycles. The third kappa shape index (κ3) is 15.7. The summed E-state index contributed by atoms with van der Waals surface area (Å²) in [6.45, 7) is 1.89. The van der Waals surface area contributed by atoms with Crippen LogP contribution in [0.5, 0.6) is 11.5 Å². The van der Waals surface area contributed by atoms with Crippen molar-refractivity contribution in [2.75, 3.05) is 20.8 Å². The second kappa shape index (κ2) is 23.6. The van der Waals surface area contributed by atoms with E-state index in [1.807, 2.05) is 0 Å². The minimum Gasteiger partial charge on any atom is -1.00 e. The molecule has 0 bridgehead atoms. The van der Waals surface area contributed by atoms with Crippen LogP contribution in [0.3, 0.4) is 0 Å². The fourth-order valence-electron chi connectivity index (χ4n) is 1.51. The van der Waals surface area contributed by atoms with Crippen molar-refractivity contribution < 1.29 is 55.5 Å². The van der Waals surface area contributed by atoms with Crippen molar-refractivity contribution in [2.24, 2.45) is 0 Å². The van der Waals surface area contributed by atoms with Crippen LogP contribution in [-0.2, 0) is 6.61 Å². The molecule has 0 heterocycles. The summed E-state index contributed by atoms with van der Waals surface area (Å²) in [6.07, 6.45) is 0.710. The minimum absolute atomic E-state index is 0. The number of rotatable bonds is 4. The maximum atomic E-state index is 10.3. The van der Waals surface area contributed by atoms with E-state index >= 15 is 0 Å². The zero-order valence-electron chi connectivity index (χ0n) is 16.9. The molecule has 5 nitrogen and oxygen atoms in total. The Hall–Kier alpha value is -0.725. The Morgan fingerprint density at radius 1 is 0.966 bits per heavy atom. The van der Waals surface area contributed by atoms with Crippen LogP contribution in [0.15, 0.2) is 36.4 Å². The number of methoxy groups -OCH3 is 2. The fraction of sp³-hybridized carbons (Fsp3) is 0.350. The number of carbonyl (C=O) groups excluding carboxylic acids is 1. The van der Waals surface area contributed by atoms with E-state index in [0.29, 0.717) is 39.0 Å². The van der Waals surface area contributed by atoms with Crippen LogP contribution in [0.25, 0.3) is 0 Å². The van der Waals surface area contributed by atoms with Gasteiger partial charge in [-0.05, 0) is 42.8 Å². The molecule has 0 atom stereocenters. The van der Waals surface area contributed by atoms with E-state index in [9.17, 15) is 4.79 Å². The van der Waals surface area contributed by atoms with Gasteiger partial charge in [0.15, 0.2) is 6.29 Å². The van der Waals surface area contributed by atoms with Gasteiger partial charge in [-0.1, -0.05) is 44.1 Å². The Labute approximate surface area is 210 Å². The molecule has 0 aromatic heterocycles. The summed E-state index contributed by atoms with van der Waals surface area (Å²) >= 11 is 11.5. The van der Waals surface area contributed by atoms with E-state index < -0.39 is 0 Å². The molecule has 2 N–H and O–H groups in total. The first-order valence-corrected chi connectivity index (χ1v) is 8.05. The van der Waals surface area contributed by atoms with Crippen LogP contribution in [-0.4, -0.2) is 45.7 Å². The molecule has 2 aromatic rings. The Balaban J connectivity index is -0.0000000739. The van der Waals surface area contributed by atoms with Gasteiger partial charge in [0.2, 0.25) is 0 Å². The zero-order valence-corrected chi connectivity index (χ0v) is 19.4. The number of hydrogen-bond donors (Lipinski definition) is 2. The van der Waals surface area contributed by atoms with Crippen LogP contribution >= 0.6 is 23.2 Å². The average molecular weight is 456 g/mol. The van der Waals surface area contributed by atoms with Gasteiger partial charge in [0.25, 0.3) is 0 Å². The van der Waals surface area contributed by atoms with Crippen molar-refractivity contribution in [1.29, 1.82) is 0 Å². The van der Waals surface area contributed by atoms with Crippen LogP contribution in [0.1, 0.15) is 39.1 Å². The molecular weight excluding hydrogens is 425 g/mol. The van der Waals surface area contributed by atoms with Crippen molar-refractivity contribution in [3.63, 3.8) is 0 Å². The van der Waals surface area contributed by atoms with Crippen molar-refractivity contribution in [1.82, 2.24) is 0 Å². The van der Waals surface area contributed by atoms with Gasteiger partial charge < -0.3 is 21.1 Å². The third-order valence-electron chi connectivity index (χ3n) is 2.77. The Bertz CT molecular complexity index is 667. The van der Waals surface area contributed by atoms with Gasteiger partial charge in [0.1, 0.15) is 11.5 Å². The molecule has 159 valence electrons. The number of aliphatic hydroxyl groups excluding tert-OH is 2. The topological polar surface area (TPSA) is 76.0 Å². The smallest absolute Gasteiger partial charge is 1.00 e. The predicted molar refractivity (Wildman–Crippen MR) is 120 cm³/mol. The van der Waals surface area contributed by atoms with E-state index in [2.05, 4.69) is 0 Å². The van der Waals surface area contributed by atoms with E-state index in [4.69, 9.17) is 42.9 Å². The van der Waals surface area contributed by atoms with Crippen LogP contribution in [0, 0.1) is 0 Å². The normalized spacial score (nSPS) is 7.83. The molecule has 0 saturated carbocycles. The largest absolute Gasteiger partial charge is 1.00 e. The molecule has 0 saturated heterocycles. The van der Waals surface area contributed by atoms with Crippen molar-refractivity contribution in [2.45, 2.75) is 28.4 Å². The van der Waals surface area contributed by atoms with Gasteiger partial charge in [-0.2, -0.15) is 0 Å². The Morgan fingerprint density at radius 3 is 1.69 bits per heavy atom. The Kier molecular flexibility index (Phi) is 31.5. The summed E-state index contributed by atoms with van der Waals surface area (Å²) in [5, 5.41) is 17.3. The molecule has 9 heteroatoms. The number of ether oxygens (including phenoxy) is 2. The first kappa shape index (κ1) is 38.8. The molecule has 3 radical (unpaired) electrons. The first-order valence-electron chi connectivity index (χ1n) is 7.30. The molecule has 2 aromatic carbocycles. The SMILES string of the molecule is C.C.CCO.COc1ccc(C=O)c(Cl)c1.COc1ccc(CO)c(Cl)c1.[B].[H-].[Na+]. The molecule has 2 rings (SSSR count). The second-order valence-electron chi connectivity index (χ2n) is 4.44. The first-order chi connectivity index (χ1) is 12.0. The number of aldehydes is 1. The van der Waals surface area contributed by atoms with Gasteiger partial charge >= 0.3 is 29.6 Å². The van der Waals surface area contributed by atoms with Crippen molar-refractivity contribution >= 4 is 37.9 Å². The average Bonchev–Trinajstić information content (AvgIpc) is 2.62. The van der Waals surface area contributed by atoms with E-state index in [1.165, 1.54) is 0 Å². The van der Waals surface area contributed by atoms with Gasteiger partial charge in [0, 0.05) is 25.6 Å². The summed E-state index contributed by atoms with van der Waals surface area (Å²) in [5.74, 6) is 1.35. The fourth-order valence-corrected chi connectivity index (χ4v) is 1.96. The van der Waals surface area contributed by atoms with Gasteiger partial charge in [-0.25, -0.2) is 0 Å². The molecule has 29 heavy (non-hydrogen) atoms. The third-order valence-corrected chi connectivity index (χ3v) is 3.44. The van der Waals surface area contributed by atoms with E-state index in [1.54, 1.807) is 57.5 Å². The zero-order chi connectivity index (χ0) is 19.2. The summed E-state index contributed by atoms with van der Waals surface area (Å²) in [6, 6.07) is 10.1. The number of aliphatic hydroxyl groups is 2. The van der Waals surface area contributed by atoms with Gasteiger partial charge in [-0.15, -0.1) is 0 Å². The minimum atomic E-state index is -0.0389. The molecule has 0 unspecified atom stereocenters. The molecule has 0 aliphatic carbocycles. The molecule has 0 amide bonds. The quantitative estimate of drug-likeness (QED) is 0.544. The standard InChI is InChI=1S/C8H9ClO2.C8H7ClO2.C2H6O.2CH4.B.Na.H/c2*1-11-7-3-2-6(5-10)8(9)4-7;1-2-3;;;;;/h2-4,10H,5H2,1H3;2-5H,1H3;3H,2H2,1H3;2*1H4;;;/q;;;;;;+1;-1. The van der Waals surface area contributed by atoms with Crippen molar-refractivity contribution in [3.05, 3.63) is 57.6 Å². The summed E-state index contributed by atoms with van der Waals surface area (Å²) < 4.78 is 9.82. The van der Waals surface area contributed by atoms with Gasteiger partial charge in [-0.3, -0.25) is 4.79 Å². The number of carbonyl (C=O) groups is 1. The van der Waals surface area contributed by atoms with Crippen molar-refractivity contribution in [3.8, 4) is 11.5 Å². The monoisotopic (exact) mass is 455 g/mol. The number of halogens is 2. The number of benzene rings is 2. The summed E-state index contributed by atoms with van der Waals surface area (Å²) in [4.78, 5) is 10.3. The van der Waals surface area contributed by atoms with E-state index in [0.717, 1.165) is 0 Å².